The van der Waals surface area contributed by atoms with Crippen molar-refractivity contribution < 1.29 is 56.1 Å². The van der Waals surface area contributed by atoms with Gasteiger partial charge >= 0.3 is 0 Å². The number of rotatable bonds is 0. The maximum Gasteiger partial charge on any atom is 0.0814 e. The molecule has 0 aliphatic carbocycles. The molecule has 0 bridgehead atoms. The van der Waals surface area contributed by atoms with E-state index in [1.807, 2.05) is 0 Å². The summed E-state index contributed by atoms with van der Waals surface area (Å²) in [6.45, 7) is 0. The molecule has 0 amide bonds. The zero-order valence-corrected chi connectivity index (χ0v) is 5.56. The quantitative estimate of drug-likeness (QED) is 0.450. The molecule has 0 atom stereocenters. The molecular weight excluding hydrogens is 216 g/mol. The predicted octanol–water partition coefficient (Wildman–Crippen LogP) is -1.19. The third-order valence-corrected chi connectivity index (χ3v) is 0. The minimum absolute atomic E-state index is 0. The van der Waals surface area contributed by atoms with Crippen LogP contribution in [0.3, 0.4) is 0 Å². The molecular formula is H3BMoNiV. The summed E-state index contributed by atoms with van der Waals surface area (Å²) >= 11 is 0. The van der Waals surface area contributed by atoms with Crippen LogP contribution >= 0.6 is 0 Å². The summed E-state index contributed by atoms with van der Waals surface area (Å²) in [7, 11) is 0. The molecule has 4 heteroatoms. The summed E-state index contributed by atoms with van der Waals surface area (Å²) in [5, 5.41) is 0. The van der Waals surface area contributed by atoms with Crippen molar-refractivity contribution in [2.24, 2.45) is 0 Å². The first-order valence-corrected chi connectivity index (χ1v) is 0. The van der Waals surface area contributed by atoms with Gasteiger partial charge in [-0.2, -0.15) is 0 Å². The normalized spacial score (nSPS) is 0. The summed E-state index contributed by atoms with van der Waals surface area (Å²) in [5.41, 5.74) is 0. The van der Waals surface area contributed by atoms with Crippen molar-refractivity contribution in [2.45, 2.75) is 0 Å². The van der Waals surface area contributed by atoms with Gasteiger partial charge in [0.15, 0.2) is 0 Å². The Hall–Kier alpha value is 1.83. The van der Waals surface area contributed by atoms with Crippen LogP contribution in [0.4, 0.5) is 0 Å². The second-order valence-electron chi connectivity index (χ2n) is 0. The van der Waals surface area contributed by atoms with Crippen molar-refractivity contribution in [2.75, 3.05) is 0 Å². The molecule has 4 heavy (non-hydrogen) atoms. The minimum Gasteiger partial charge on any atom is 0 e. The summed E-state index contributed by atoms with van der Waals surface area (Å²) in [5.74, 6) is 0. The van der Waals surface area contributed by atoms with E-state index in [0.717, 1.165) is 0 Å². The molecule has 0 rings (SSSR count). The molecule has 0 fully saturated rings. The molecule has 0 saturated heterocycles. The van der Waals surface area contributed by atoms with E-state index in [0.29, 0.717) is 0 Å². The van der Waals surface area contributed by atoms with E-state index in [9.17, 15) is 0 Å². The number of hydrogen-bond acceptors (Lipinski definition) is 0. The molecule has 0 saturated carbocycles. The Kier molecular flexibility index (Phi) is 215. The van der Waals surface area contributed by atoms with E-state index in [1.54, 1.807) is 0 Å². The van der Waals surface area contributed by atoms with Gasteiger partial charge in [0.2, 0.25) is 0 Å². The Labute approximate surface area is 64.1 Å². The largest absolute Gasteiger partial charge is 0.0814 e. The van der Waals surface area contributed by atoms with E-state index in [1.165, 1.54) is 0 Å². The summed E-state index contributed by atoms with van der Waals surface area (Å²) in [6.07, 6.45) is 0. The summed E-state index contributed by atoms with van der Waals surface area (Å²) in [4.78, 5) is 0. The molecule has 27 valence electrons. The van der Waals surface area contributed by atoms with E-state index in [2.05, 4.69) is 0 Å². The Morgan fingerprint density at radius 2 is 1.00 bits per heavy atom. The van der Waals surface area contributed by atoms with Crippen molar-refractivity contribution in [3.63, 3.8) is 0 Å². The number of hydrogen-bond donors (Lipinski definition) is 0. The fourth-order valence-electron chi connectivity index (χ4n) is 0. The van der Waals surface area contributed by atoms with Crippen LogP contribution < -0.4 is 0 Å². The van der Waals surface area contributed by atoms with Crippen LogP contribution in [0.25, 0.3) is 0 Å². The fourth-order valence-corrected chi connectivity index (χ4v) is 0. The van der Waals surface area contributed by atoms with Crippen LogP contribution in [0.2, 0.25) is 0 Å². The zero-order valence-electron chi connectivity index (χ0n) is 1.17. The first kappa shape index (κ1) is 40.6. The van der Waals surface area contributed by atoms with E-state index >= 15 is 0 Å². The van der Waals surface area contributed by atoms with Crippen molar-refractivity contribution in [3.05, 3.63) is 0 Å². The standard InChI is InChI=1S/BH3.Mo.Ni.V/h1H3;;;. The van der Waals surface area contributed by atoms with E-state index in [-0.39, 0.29) is 64.5 Å². The van der Waals surface area contributed by atoms with Crippen molar-refractivity contribution >= 4 is 8.41 Å². The van der Waals surface area contributed by atoms with Crippen molar-refractivity contribution in [3.8, 4) is 0 Å². The average Bonchev–Trinajstić information content (AvgIpc) is 0. The Morgan fingerprint density at radius 3 is 1.00 bits per heavy atom. The zero-order chi connectivity index (χ0) is 0. The van der Waals surface area contributed by atoms with Crippen LogP contribution in [-0.2, 0) is 56.1 Å². The van der Waals surface area contributed by atoms with Gasteiger partial charge in [0, 0.05) is 56.1 Å². The van der Waals surface area contributed by atoms with Gasteiger partial charge in [-0.3, -0.25) is 0 Å². The monoisotopic (exact) mass is 221 g/mol. The SMILES string of the molecule is B.[Mo].[Ni].[V]. The van der Waals surface area contributed by atoms with Crippen molar-refractivity contribution in [1.82, 2.24) is 0 Å². The van der Waals surface area contributed by atoms with Gasteiger partial charge in [0.05, 0.1) is 8.41 Å². The Balaban J connectivity index is 0. The van der Waals surface area contributed by atoms with E-state index < -0.39 is 0 Å². The first-order valence-electron chi connectivity index (χ1n) is 0. The molecule has 0 nitrogen and oxygen atoms in total. The van der Waals surface area contributed by atoms with Crippen LogP contribution in [-0.4, -0.2) is 8.41 Å². The summed E-state index contributed by atoms with van der Waals surface area (Å²) in [6, 6.07) is 0. The molecule has 0 heterocycles. The van der Waals surface area contributed by atoms with Crippen molar-refractivity contribution in [1.29, 1.82) is 0 Å². The van der Waals surface area contributed by atoms with Crippen LogP contribution in [0, 0.1) is 0 Å². The predicted molar refractivity (Wildman–Crippen MR) is 9.94 cm³/mol. The second kappa shape index (κ2) is 21.1. The maximum absolute atomic E-state index is 0. The van der Waals surface area contributed by atoms with Gasteiger partial charge in [0.1, 0.15) is 0 Å². The van der Waals surface area contributed by atoms with Gasteiger partial charge in [-0.1, -0.05) is 0 Å². The Morgan fingerprint density at radius 1 is 1.00 bits per heavy atom. The first-order chi connectivity index (χ1) is 0. The van der Waals surface area contributed by atoms with Gasteiger partial charge < -0.3 is 0 Å². The molecule has 0 unspecified atom stereocenters. The molecule has 0 spiro atoms. The molecule has 0 aromatic heterocycles. The van der Waals surface area contributed by atoms with Gasteiger partial charge in [0.25, 0.3) is 0 Å². The molecule has 0 aliphatic rings. The molecule has 0 aromatic rings. The third kappa shape index (κ3) is 9.16. The van der Waals surface area contributed by atoms with Crippen LogP contribution in [0.5, 0.6) is 0 Å². The molecule has 0 aromatic carbocycles. The topological polar surface area (TPSA) is 0 Å². The Bertz CT molecular complexity index is 8.00. The average molecular weight is 219 g/mol. The van der Waals surface area contributed by atoms with Crippen LogP contribution in [0.15, 0.2) is 0 Å². The van der Waals surface area contributed by atoms with Gasteiger partial charge in [-0.05, 0) is 0 Å². The molecule has 0 N–H and O–H groups in total. The summed E-state index contributed by atoms with van der Waals surface area (Å²) < 4.78 is 0. The fraction of sp³-hybridized carbons (Fsp3) is 0. The molecule has 0 aliphatic heterocycles. The molecule has 1 radical (unpaired) electrons. The van der Waals surface area contributed by atoms with Gasteiger partial charge in [-0.15, -0.1) is 0 Å². The third-order valence-electron chi connectivity index (χ3n) is 0. The maximum atomic E-state index is 0. The van der Waals surface area contributed by atoms with E-state index in [4.69, 9.17) is 0 Å². The van der Waals surface area contributed by atoms with Gasteiger partial charge in [-0.25, -0.2) is 0 Å². The van der Waals surface area contributed by atoms with Crippen LogP contribution in [0.1, 0.15) is 0 Å². The minimum atomic E-state index is 0. The second-order valence-corrected chi connectivity index (χ2v) is 0. The smallest absolute Gasteiger partial charge is 0 e.